The van der Waals surface area contributed by atoms with Gasteiger partial charge in [-0.1, -0.05) is 11.3 Å². The molecule has 2 aromatic heterocycles. The van der Waals surface area contributed by atoms with Crippen molar-refractivity contribution in [2.24, 2.45) is 0 Å². The van der Waals surface area contributed by atoms with E-state index >= 15 is 0 Å². The van der Waals surface area contributed by atoms with E-state index < -0.39 is 0 Å². The highest BCUT2D eigenvalue weighted by Gasteiger charge is 2.23. The molecule has 0 atom stereocenters. The number of amides is 1. The summed E-state index contributed by atoms with van der Waals surface area (Å²) in [6.45, 7) is 5.23. The van der Waals surface area contributed by atoms with E-state index in [0.717, 1.165) is 42.2 Å². The summed E-state index contributed by atoms with van der Waals surface area (Å²) in [7, 11) is 2.07. The lowest BCUT2D eigenvalue weighted by atomic mass is 10.3. The van der Waals surface area contributed by atoms with Crippen LogP contribution in [0.3, 0.4) is 0 Å². The SMILES string of the molecule is Cc1ncnc2sc(C(=O)N3CCN(C)CC3)nc12. The van der Waals surface area contributed by atoms with Gasteiger partial charge in [0.25, 0.3) is 5.91 Å². The smallest absolute Gasteiger partial charge is 0.283 e. The van der Waals surface area contributed by atoms with Crippen molar-refractivity contribution in [1.82, 2.24) is 24.8 Å². The van der Waals surface area contributed by atoms with E-state index in [1.807, 2.05) is 11.8 Å². The Hall–Kier alpha value is -1.60. The Morgan fingerprint density at radius 1 is 1.26 bits per heavy atom. The van der Waals surface area contributed by atoms with E-state index in [-0.39, 0.29) is 5.91 Å². The van der Waals surface area contributed by atoms with Crippen LogP contribution in [0.2, 0.25) is 0 Å². The minimum atomic E-state index is 0.00972. The zero-order chi connectivity index (χ0) is 13.4. The first kappa shape index (κ1) is 12.4. The number of nitrogens with zero attached hydrogens (tertiary/aromatic N) is 5. The quantitative estimate of drug-likeness (QED) is 0.771. The maximum Gasteiger partial charge on any atom is 0.283 e. The van der Waals surface area contributed by atoms with Gasteiger partial charge in [-0.3, -0.25) is 4.79 Å². The molecule has 0 radical (unpaired) electrons. The maximum absolute atomic E-state index is 12.4. The van der Waals surface area contributed by atoms with Gasteiger partial charge in [0.2, 0.25) is 0 Å². The lowest BCUT2D eigenvalue weighted by Gasteiger charge is -2.31. The molecule has 6 nitrogen and oxygen atoms in total. The Bertz CT molecular complexity index is 618. The van der Waals surface area contributed by atoms with Gasteiger partial charge in [-0.05, 0) is 14.0 Å². The summed E-state index contributed by atoms with van der Waals surface area (Å²) in [6.07, 6.45) is 1.51. The summed E-state index contributed by atoms with van der Waals surface area (Å²) >= 11 is 1.35. The fraction of sp³-hybridized carbons (Fsp3) is 0.500. The summed E-state index contributed by atoms with van der Waals surface area (Å²) in [5.74, 6) is 0.00972. The molecule has 1 aliphatic heterocycles. The van der Waals surface area contributed by atoms with Gasteiger partial charge in [-0.25, -0.2) is 15.0 Å². The second-order valence-corrected chi connectivity index (χ2v) is 5.70. The molecule has 1 saturated heterocycles. The number of fused-ring (bicyclic) bond motifs is 1. The second kappa shape index (κ2) is 4.82. The normalized spacial score (nSPS) is 17.1. The first-order chi connectivity index (χ1) is 9.15. The standard InChI is InChI=1S/C12H15N5OS/c1-8-9-10(14-7-13-8)19-11(15-9)12(18)17-5-3-16(2)4-6-17/h7H,3-6H2,1-2H3. The van der Waals surface area contributed by atoms with Crippen LogP contribution >= 0.6 is 11.3 Å². The van der Waals surface area contributed by atoms with Crippen molar-refractivity contribution in [3.63, 3.8) is 0 Å². The van der Waals surface area contributed by atoms with Gasteiger partial charge >= 0.3 is 0 Å². The zero-order valence-electron chi connectivity index (χ0n) is 11.0. The molecular weight excluding hydrogens is 262 g/mol. The lowest BCUT2D eigenvalue weighted by molar-refractivity contribution is 0.0664. The number of likely N-dealkylation sites (N-methyl/N-ethyl adjacent to an activating group) is 1. The third-order valence-electron chi connectivity index (χ3n) is 3.35. The number of carbonyl (C=O) groups excluding carboxylic acids is 1. The molecule has 0 aliphatic carbocycles. The van der Waals surface area contributed by atoms with E-state index in [4.69, 9.17) is 0 Å². The monoisotopic (exact) mass is 277 g/mol. The number of thiazole rings is 1. The van der Waals surface area contributed by atoms with Gasteiger partial charge in [-0.15, -0.1) is 0 Å². The van der Waals surface area contributed by atoms with Crippen molar-refractivity contribution >= 4 is 27.6 Å². The third kappa shape index (κ3) is 2.31. The summed E-state index contributed by atoms with van der Waals surface area (Å²) < 4.78 is 0. The van der Waals surface area contributed by atoms with E-state index in [9.17, 15) is 4.79 Å². The minimum Gasteiger partial charge on any atom is -0.334 e. The number of piperazine rings is 1. The first-order valence-corrected chi connectivity index (χ1v) is 7.03. The largest absolute Gasteiger partial charge is 0.334 e. The predicted molar refractivity (Wildman–Crippen MR) is 73.3 cm³/mol. The van der Waals surface area contributed by atoms with Crippen LogP contribution in [-0.2, 0) is 0 Å². The average Bonchev–Trinajstić information content (AvgIpc) is 2.84. The molecule has 1 fully saturated rings. The topological polar surface area (TPSA) is 62.2 Å². The lowest BCUT2D eigenvalue weighted by Crippen LogP contribution is -2.47. The minimum absolute atomic E-state index is 0.00972. The van der Waals surface area contributed by atoms with Gasteiger partial charge < -0.3 is 9.80 Å². The Balaban J connectivity index is 1.87. The first-order valence-electron chi connectivity index (χ1n) is 6.21. The van der Waals surface area contributed by atoms with Crippen molar-refractivity contribution in [3.8, 4) is 0 Å². The fourth-order valence-electron chi connectivity index (χ4n) is 2.10. The highest BCUT2D eigenvalue weighted by atomic mass is 32.1. The zero-order valence-corrected chi connectivity index (χ0v) is 11.8. The fourth-order valence-corrected chi connectivity index (χ4v) is 3.03. The van der Waals surface area contributed by atoms with E-state index in [1.54, 1.807) is 0 Å². The summed E-state index contributed by atoms with van der Waals surface area (Å²) in [5.41, 5.74) is 1.56. The molecule has 0 aromatic carbocycles. The van der Waals surface area contributed by atoms with Crippen molar-refractivity contribution in [1.29, 1.82) is 0 Å². The van der Waals surface area contributed by atoms with Crippen LogP contribution < -0.4 is 0 Å². The molecule has 0 bridgehead atoms. The number of aryl methyl sites for hydroxylation is 1. The Kier molecular flexibility index (Phi) is 3.16. The van der Waals surface area contributed by atoms with Gasteiger partial charge in [0.15, 0.2) is 5.01 Å². The maximum atomic E-state index is 12.4. The Morgan fingerprint density at radius 3 is 2.68 bits per heavy atom. The molecule has 3 rings (SSSR count). The van der Waals surface area contributed by atoms with Gasteiger partial charge in [0.1, 0.15) is 16.7 Å². The summed E-state index contributed by atoms with van der Waals surface area (Å²) in [5, 5.41) is 0.517. The molecule has 1 aliphatic rings. The molecule has 0 unspecified atom stereocenters. The molecule has 0 saturated carbocycles. The molecule has 0 spiro atoms. The second-order valence-electron chi connectivity index (χ2n) is 4.73. The Labute approximate surface area is 115 Å². The third-order valence-corrected chi connectivity index (χ3v) is 4.30. The average molecular weight is 277 g/mol. The van der Waals surface area contributed by atoms with Crippen LogP contribution in [0.15, 0.2) is 6.33 Å². The number of hydrogen-bond donors (Lipinski definition) is 0. The van der Waals surface area contributed by atoms with Crippen molar-refractivity contribution in [2.45, 2.75) is 6.92 Å². The molecule has 3 heterocycles. The Morgan fingerprint density at radius 2 is 2.00 bits per heavy atom. The predicted octanol–water partition coefficient (Wildman–Crippen LogP) is 0.782. The van der Waals surface area contributed by atoms with Gasteiger partial charge in [0, 0.05) is 26.2 Å². The number of aromatic nitrogens is 3. The molecule has 100 valence electrons. The van der Waals surface area contributed by atoms with E-state index in [1.165, 1.54) is 17.7 Å². The molecule has 2 aromatic rings. The van der Waals surface area contributed by atoms with Crippen LogP contribution in [0.25, 0.3) is 10.3 Å². The van der Waals surface area contributed by atoms with Crippen molar-refractivity contribution in [2.75, 3.05) is 33.2 Å². The van der Waals surface area contributed by atoms with Crippen LogP contribution in [0.4, 0.5) is 0 Å². The highest BCUT2D eigenvalue weighted by molar-refractivity contribution is 7.19. The number of hydrogen-bond acceptors (Lipinski definition) is 6. The summed E-state index contributed by atoms with van der Waals surface area (Å²) in [4.78, 5) is 29.9. The van der Waals surface area contributed by atoms with Gasteiger partial charge in [0.05, 0.1) is 5.69 Å². The molecule has 19 heavy (non-hydrogen) atoms. The molecule has 7 heteroatoms. The highest BCUT2D eigenvalue weighted by Crippen LogP contribution is 2.22. The molecular formula is C12H15N5OS. The number of rotatable bonds is 1. The van der Waals surface area contributed by atoms with Crippen LogP contribution in [-0.4, -0.2) is 63.9 Å². The molecule has 1 amide bonds. The van der Waals surface area contributed by atoms with Crippen LogP contribution in [0, 0.1) is 6.92 Å². The van der Waals surface area contributed by atoms with E-state index in [0.29, 0.717) is 5.01 Å². The van der Waals surface area contributed by atoms with Gasteiger partial charge in [-0.2, -0.15) is 0 Å². The van der Waals surface area contributed by atoms with Crippen LogP contribution in [0.1, 0.15) is 15.5 Å². The van der Waals surface area contributed by atoms with Crippen LogP contribution in [0.5, 0.6) is 0 Å². The van der Waals surface area contributed by atoms with Crippen molar-refractivity contribution in [3.05, 3.63) is 17.0 Å². The summed E-state index contributed by atoms with van der Waals surface area (Å²) in [6, 6.07) is 0. The van der Waals surface area contributed by atoms with E-state index in [2.05, 4.69) is 26.9 Å². The molecule has 0 N–H and O–H groups in total. The number of carbonyl (C=O) groups is 1. The van der Waals surface area contributed by atoms with Crippen molar-refractivity contribution < 1.29 is 4.79 Å².